The molecule has 1 aliphatic rings. The fourth-order valence-corrected chi connectivity index (χ4v) is 2.60. The van der Waals surface area contributed by atoms with Gasteiger partial charge in [0.25, 0.3) is 0 Å². The second kappa shape index (κ2) is 6.77. The number of piperidine rings is 1. The molecule has 1 aromatic carbocycles. The Morgan fingerprint density at radius 3 is 2.76 bits per heavy atom. The van der Waals surface area contributed by atoms with Crippen LogP contribution in [0.5, 0.6) is 0 Å². The van der Waals surface area contributed by atoms with E-state index in [9.17, 15) is 0 Å². The molecule has 2 rings (SSSR count). The first-order valence-electron chi connectivity index (χ1n) is 6.86. The smallest absolute Gasteiger partial charge is 0.0168 e. The van der Waals surface area contributed by atoms with Gasteiger partial charge >= 0.3 is 0 Å². The van der Waals surface area contributed by atoms with Crippen LogP contribution >= 0.6 is 0 Å². The molecule has 2 N–H and O–H groups in total. The van der Waals surface area contributed by atoms with Crippen molar-refractivity contribution in [2.24, 2.45) is 5.73 Å². The van der Waals surface area contributed by atoms with Gasteiger partial charge in [0.2, 0.25) is 0 Å². The second-order valence-electron chi connectivity index (χ2n) is 5.15. The average Bonchev–Trinajstić information content (AvgIpc) is 2.36. The summed E-state index contributed by atoms with van der Waals surface area (Å²) in [5, 5.41) is 0. The highest BCUT2D eigenvalue weighted by Gasteiger charge is 2.15. The van der Waals surface area contributed by atoms with Crippen LogP contribution in [0.2, 0.25) is 0 Å². The van der Waals surface area contributed by atoms with E-state index in [2.05, 4.69) is 35.2 Å². The van der Waals surface area contributed by atoms with Gasteiger partial charge in [-0.15, -0.1) is 0 Å². The summed E-state index contributed by atoms with van der Waals surface area (Å²) in [4.78, 5) is 2.53. The Kier molecular flexibility index (Phi) is 5.02. The molecule has 0 aliphatic carbocycles. The van der Waals surface area contributed by atoms with Crippen LogP contribution in [0.15, 0.2) is 30.3 Å². The number of rotatable bonds is 5. The Morgan fingerprint density at radius 2 is 2.00 bits per heavy atom. The summed E-state index contributed by atoms with van der Waals surface area (Å²) in [6, 6.07) is 11.2. The van der Waals surface area contributed by atoms with E-state index < -0.39 is 0 Å². The number of benzene rings is 1. The monoisotopic (exact) mass is 232 g/mol. The maximum Gasteiger partial charge on any atom is 0.0168 e. The molecule has 0 radical (unpaired) electrons. The molecule has 0 saturated carbocycles. The summed E-state index contributed by atoms with van der Waals surface area (Å²) in [7, 11) is 0. The van der Waals surface area contributed by atoms with Gasteiger partial charge in [-0.05, 0) is 50.8 Å². The molecule has 1 saturated heterocycles. The number of nitrogens with two attached hydrogens (primary N) is 1. The van der Waals surface area contributed by atoms with Crippen molar-refractivity contribution in [3.63, 3.8) is 0 Å². The van der Waals surface area contributed by atoms with E-state index in [1.165, 1.54) is 50.8 Å². The quantitative estimate of drug-likeness (QED) is 0.790. The highest BCUT2D eigenvalue weighted by atomic mass is 15.1. The third-order valence-electron chi connectivity index (χ3n) is 3.57. The fourth-order valence-electron chi connectivity index (χ4n) is 2.60. The van der Waals surface area contributed by atoms with Gasteiger partial charge in [-0.1, -0.05) is 30.3 Å². The summed E-state index contributed by atoms with van der Waals surface area (Å²) < 4.78 is 0. The van der Waals surface area contributed by atoms with Gasteiger partial charge in [0, 0.05) is 12.6 Å². The van der Waals surface area contributed by atoms with Crippen molar-refractivity contribution < 1.29 is 0 Å². The first kappa shape index (κ1) is 12.6. The summed E-state index contributed by atoms with van der Waals surface area (Å²) in [6.07, 6.45) is 6.28. The van der Waals surface area contributed by atoms with Crippen LogP contribution in [-0.2, 0) is 6.42 Å². The lowest BCUT2D eigenvalue weighted by molar-refractivity contribution is 0.206. The molecule has 17 heavy (non-hydrogen) atoms. The lowest BCUT2D eigenvalue weighted by Crippen LogP contribution is -2.43. The van der Waals surface area contributed by atoms with Crippen molar-refractivity contribution in [1.29, 1.82) is 0 Å². The van der Waals surface area contributed by atoms with Crippen LogP contribution in [0, 0.1) is 0 Å². The molecule has 1 aliphatic heterocycles. The largest absolute Gasteiger partial charge is 0.327 e. The van der Waals surface area contributed by atoms with E-state index in [4.69, 9.17) is 5.73 Å². The van der Waals surface area contributed by atoms with Crippen molar-refractivity contribution in [2.45, 2.75) is 38.1 Å². The summed E-state index contributed by atoms with van der Waals surface area (Å²) >= 11 is 0. The molecule has 1 unspecified atom stereocenters. The maximum absolute atomic E-state index is 5.98. The second-order valence-corrected chi connectivity index (χ2v) is 5.15. The fraction of sp³-hybridized carbons (Fsp3) is 0.600. The SMILES string of the molecule is NC1CCCN(CCCCc2ccccc2)C1. The third-order valence-corrected chi connectivity index (χ3v) is 3.57. The standard InChI is InChI=1S/C15H24N2/c16-15-10-6-12-17(13-15)11-5-4-9-14-7-2-1-3-8-14/h1-3,7-8,15H,4-6,9-13,16H2. The molecule has 94 valence electrons. The Labute approximate surface area is 105 Å². The summed E-state index contributed by atoms with van der Waals surface area (Å²) in [5.41, 5.74) is 7.44. The lowest BCUT2D eigenvalue weighted by atomic mass is 10.1. The van der Waals surface area contributed by atoms with Gasteiger partial charge in [-0.25, -0.2) is 0 Å². The normalized spacial score (nSPS) is 21.6. The number of nitrogens with zero attached hydrogens (tertiary/aromatic N) is 1. The zero-order valence-electron chi connectivity index (χ0n) is 10.6. The van der Waals surface area contributed by atoms with E-state index in [1.54, 1.807) is 0 Å². The van der Waals surface area contributed by atoms with Crippen LogP contribution in [-0.4, -0.2) is 30.6 Å². The van der Waals surface area contributed by atoms with Gasteiger partial charge in [0.1, 0.15) is 0 Å². The van der Waals surface area contributed by atoms with Crippen LogP contribution in [0.25, 0.3) is 0 Å². The minimum Gasteiger partial charge on any atom is -0.327 e. The molecule has 0 bridgehead atoms. The van der Waals surface area contributed by atoms with E-state index >= 15 is 0 Å². The first-order chi connectivity index (χ1) is 8.34. The van der Waals surface area contributed by atoms with Crippen molar-refractivity contribution in [2.75, 3.05) is 19.6 Å². The van der Waals surface area contributed by atoms with Crippen molar-refractivity contribution in [3.05, 3.63) is 35.9 Å². The highest BCUT2D eigenvalue weighted by molar-refractivity contribution is 5.14. The zero-order valence-corrected chi connectivity index (χ0v) is 10.6. The summed E-state index contributed by atoms with van der Waals surface area (Å²) in [5.74, 6) is 0. The third kappa shape index (κ3) is 4.49. The molecule has 2 heteroatoms. The van der Waals surface area contributed by atoms with Gasteiger partial charge in [-0.3, -0.25) is 0 Å². The van der Waals surface area contributed by atoms with Gasteiger partial charge in [-0.2, -0.15) is 0 Å². The molecular weight excluding hydrogens is 208 g/mol. The van der Waals surface area contributed by atoms with E-state index in [0.29, 0.717) is 6.04 Å². The highest BCUT2D eigenvalue weighted by Crippen LogP contribution is 2.10. The molecule has 0 spiro atoms. The van der Waals surface area contributed by atoms with Gasteiger partial charge in [0.05, 0.1) is 0 Å². The first-order valence-corrected chi connectivity index (χ1v) is 6.86. The maximum atomic E-state index is 5.98. The molecular formula is C15H24N2. The number of likely N-dealkylation sites (tertiary alicyclic amines) is 1. The van der Waals surface area contributed by atoms with Crippen molar-refractivity contribution >= 4 is 0 Å². The van der Waals surface area contributed by atoms with Gasteiger partial charge in [0.15, 0.2) is 0 Å². The Balaban J connectivity index is 1.60. The molecule has 1 aromatic rings. The topological polar surface area (TPSA) is 29.3 Å². The van der Waals surface area contributed by atoms with E-state index in [1.807, 2.05) is 0 Å². The molecule has 0 aromatic heterocycles. The molecule has 1 fully saturated rings. The number of hydrogen-bond acceptors (Lipinski definition) is 2. The van der Waals surface area contributed by atoms with E-state index in [-0.39, 0.29) is 0 Å². The number of hydrogen-bond donors (Lipinski definition) is 1. The predicted molar refractivity (Wildman–Crippen MR) is 73.0 cm³/mol. The Morgan fingerprint density at radius 1 is 1.18 bits per heavy atom. The Hall–Kier alpha value is -0.860. The molecule has 0 amide bonds. The molecule has 1 heterocycles. The molecule has 2 nitrogen and oxygen atoms in total. The minimum atomic E-state index is 0.415. The van der Waals surface area contributed by atoms with Gasteiger partial charge < -0.3 is 10.6 Å². The lowest BCUT2D eigenvalue weighted by Gasteiger charge is -2.30. The van der Waals surface area contributed by atoms with Crippen molar-refractivity contribution in [1.82, 2.24) is 4.90 Å². The molecule has 1 atom stereocenters. The Bertz CT molecular complexity index is 310. The summed E-state index contributed by atoms with van der Waals surface area (Å²) in [6.45, 7) is 3.57. The number of unbranched alkanes of at least 4 members (excludes halogenated alkanes) is 1. The minimum absolute atomic E-state index is 0.415. The van der Waals surface area contributed by atoms with Crippen LogP contribution in [0.1, 0.15) is 31.2 Å². The average molecular weight is 232 g/mol. The predicted octanol–water partition coefficient (Wildman–Crippen LogP) is 2.43. The van der Waals surface area contributed by atoms with Crippen LogP contribution < -0.4 is 5.73 Å². The zero-order chi connectivity index (χ0) is 11.9. The van der Waals surface area contributed by atoms with E-state index in [0.717, 1.165) is 6.54 Å². The van der Waals surface area contributed by atoms with Crippen molar-refractivity contribution in [3.8, 4) is 0 Å². The van der Waals surface area contributed by atoms with Crippen LogP contribution in [0.4, 0.5) is 0 Å². The number of aryl methyl sites for hydroxylation is 1. The van der Waals surface area contributed by atoms with Crippen LogP contribution in [0.3, 0.4) is 0 Å².